The maximum Gasteiger partial charge on any atom is 0.221 e. The Kier molecular flexibility index (Phi) is 2.75. The maximum atomic E-state index is 5.63. The summed E-state index contributed by atoms with van der Waals surface area (Å²) in [6, 6.07) is 0.679. The molecule has 0 amide bonds. The van der Waals surface area contributed by atoms with E-state index in [1.807, 2.05) is 13.1 Å². The molecule has 0 spiro atoms. The van der Waals surface area contributed by atoms with Crippen LogP contribution in [0.5, 0.6) is 0 Å². The summed E-state index contributed by atoms with van der Waals surface area (Å²) in [6.07, 6.45) is 5.51. The standard InChI is InChI=1S/C11H18N4/c1-3-6-15(9-4-5-9)10-8(2)7-13-11(12)14-10/h7,9H,3-6H2,1-2H3,(H2,12,13,14). The highest BCUT2D eigenvalue weighted by atomic mass is 15.2. The fraction of sp³-hybridized carbons (Fsp3) is 0.636. The molecule has 4 nitrogen and oxygen atoms in total. The van der Waals surface area contributed by atoms with E-state index in [1.54, 1.807) is 0 Å². The topological polar surface area (TPSA) is 55.0 Å². The van der Waals surface area contributed by atoms with Crippen molar-refractivity contribution in [2.24, 2.45) is 0 Å². The molecule has 15 heavy (non-hydrogen) atoms. The van der Waals surface area contributed by atoms with Gasteiger partial charge in [-0.25, -0.2) is 4.98 Å². The molecule has 1 aromatic heterocycles. The van der Waals surface area contributed by atoms with Crippen LogP contribution in [0.1, 0.15) is 31.7 Å². The first-order valence-corrected chi connectivity index (χ1v) is 5.58. The third kappa shape index (κ3) is 2.19. The number of nitrogen functional groups attached to an aromatic ring is 1. The van der Waals surface area contributed by atoms with E-state index in [1.165, 1.54) is 12.8 Å². The van der Waals surface area contributed by atoms with Crippen molar-refractivity contribution in [2.45, 2.75) is 39.2 Å². The van der Waals surface area contributed by atoms with E-state index in [-0.39, 0.29) is 0 Å². The monoisotopic (exact) mass is 206 g/mol. The van der Waals surface area contributed by atoms with Gasteiger partial charge in [0.1, 0.15) is 5.82 Å². The van der Waals surface area contributed by atoms with E-state index in [2.05, 4.69) is 21.8 Å². The Balaban J connectivity index is 2.27. The number of aromatic nitrogens is 2. The van der Waals surface area contributed by atoms with Gasteiger partial charge in [-0.1, -0.05) is 6.92 Å². The second-order valence-corrected chi connectivity index (χ2v) is 4.16. The predicted octanol–water partition coefficient (Wildman–Crippen LogP) is 1.75. The highest BCUT2D eigenvalue weighted by Gasteiger charge is 2.30. The summed E-state index contributed by atoms with van der Waals surface area (Å²) in [5.74, 6) is 1.39. The maximum absolute atomic E-state index is 5.63. The van der Waals surface area contributed by atoms with E-state index < -0.39 is 0 Å². The van der Waals surface area contributed by atoms with Crippen LogP contribution in [0.3, 0.4) is 0 Å². The SMILES string of the molecule is CCCN(c1nc(N)ncc1C)C1CC1. The lowest BCUT2D eigenvalue weighted by Crippen LogP contribution is -2.28. The summed E-state index contributed by atoms with van der Waals surface area (Å²) in [5.41, 5.74) is 6.75. The smallest absolute Gasteiger partial charge is 0.221 e. The molecule has 2 N–H and O–H groups in total. The molecule has 1 heterocycles. The van der Waals surface area contributed by atoms with Gasteiger partial charge in [-0.3, -0.25) is 0 Å². The zero-order valence-electron chi connectivity index (χ0n) is 9.40. The molecule has 4 heteroatoms. The molecule has 2 rings (SSSR count). The van der Waals surface area contributed by atoms with E-state index >= 15 is 0 Å². The Hall–Kier alpha value is -1.32. The summed E-state index contributed by atoms with van der Waals surface area (Å²) in [7, 11) is 0. The van der Waals surface area contributed by atoms with E-state index in [0.717, 1.165) is 24.3 Å². The largest absolute Gasteiger partial charge is 0.368 e. The molecule has 0 aromatic carbocycles. The lowest BCUT2D eigenvalue weighted by Gasteiger charge is -2.24. The zero-order valence-corrected chi connectivity index (χ0v) is 9.40. The van der Waals surface area contributed by atoms with Crippen LogP contribution in [-0.2, 0) is 0 Å². The van der Waals surface area contributed by atoms with Crippen molar-refractivity contribution in [3.63, 3.8) is 0 Å². The van der Waals surface area contributed by atoms with E-state index in [4.69, 9.17) is 5.73 Å². The van der Waals surface area contributed by atoms with Crippen molar-refractivity contribution in [1.29, 1.82) is 0 Å². The van der Waals surface area contributed by atoms with Gasteiger partial charge in [0.15, 0.2) is 0 Å². The molecule has 1 aliphatic rings. The molecule has 0 atom stereocenters. The van der Waals surface area contributed by atoms with Gasteiger partial charge in [-0.15, -0.1) is 0 Å². The van der Waals surface area contributed by atoms with Gasteiger partial charge in [0.25, 0.3) is 0 Å². The minimum absolute atomic E-state index is 0.373. The molecule has 1 fully saturated rings. The minimum atomic E-state index is 0.373. The summed E-state index contributed by atoms with van der Waals surface area (Å²) in [6.45, 7) is 5.29. The Morgan fingerprint density at radius 1 is 1.53 bits per heavy atom. The average Bonchev–Trinajstić information content (AvgIpc) is 3.02. The van der Waals surface area contributed by atoms with Crippen LogP contribution in [0.2, 0.25) is 0 Å². The van der Waals surface area contributed by atoms with Gasteiger partial charge in [0.05, 0.1) is 0 Å². The molecule has 1 aliphatic carbocycles. The fourth-order valence-corrected chi connectivity index (χ4v) is 1.83. The van der Waals surface area contributed by atoms with Crippen LogP contribution in [0.15, 0.2) is 6.20 Å². The van der Waals surface area contributed by atoms with Gasteiger partial charge in [-0.2, -0.15) is 4.98 Å². The number of rotatable bonds is 4. The van der Waals surface area contributed by atoms with Crippen molar-refractivity contribution in [3.05, 3.63) is 11.8 Å². The van der Waals surface area contributed by atoms with Crippen LogP contribution >= 0.6 is 0 Å². The summed E-state index contributed by atoms with van der Waals surface area (Å²) in [4.78, 5) is 10.7. The quantitative estimate of drug-likeness (QED) is 0.815. The first kappa shape index (κ1) is 10.2. The Morgan fingerprint density at radius 2 is 2.27 bits per heavy atom. The van der Waals surface area contributed by atoms with E-state index in [9.17, 15) is 0 Å². The Labute approximate surface area is 90.5 Å². The van der Waals surface area contributed by atoms with Gasteiger partial charge in [0, 0.05) is 24.3 Å². The van der Waals surface area contributed by atoms with Crippen LogP contribution in [0.25, 0.3) is 0 Å². The normalized spacial score (nSPS) is 15.3. The fourth-order valence-electron chi connectivity index (χ4n) is 1.83. The lowest BCUT2D eigenvalue weighted by atomic mass is 10.3. The first-order chi connectivity index (χ1) is 7.22. The summed E-state index contributed by atoms with van der Waals surface area (Å²) >= 11 is 0. The van der Waals surface area contributed by atoms with Crippen molar-refractivity contribution in [2.75, 3.05) is 17.2 Å². The van der Waals surface area contributed by atoms with E-state index in [0.29, 0.717) is 12.0 Å². The highest BCUT2D eigenvalue weighted by molar-refractivity contribution is 5.49. The molecular formula is C11H18N4. The van der Waals surface area contributed by atoms with Crippen molar-refractivity contribution >= 4 is 11.8 Å². The van der Waals surface area contributed by atoms with Gasteiger partial charge in [0.2, 0.25) is 5.95 Å². The number of aryl methyl sites for hydroxylation is 1. The molecule has 0 unspecified atom stereocenters. The third-order valence-electron chi connectivity index (χ3n) is 2.69. The third-order valence-corrected chi connectivity index (χ3v) is 2.69. The summed E-state index contributed by atoms with van der Waals surface area (Å²) < 4.78 is 0. The second-order valence-electron chi connectivity index (χ2n) is 4.16. The molecule has 0 radical (unpaired) electrons. The molecule has 0 bridgehead atoms. The lowest BCUT2D eigenvalue weighted by molar-refractivity contribution is 0.746. The highest BCUT2D eigenvalue weighted by Crippen LogP contribution is 2.32. The van der Waals surface area contributed by atoms with Gasteiger partial charge in [-0.05, 0) is 26.2 Å². The Bertz CT molecular complexity index is 346. The molecule has 1 aromatic rings. The molecule has 82 valence electrons. The van der Waals surface area contributed by atoms with Crippen LogP contribution in [0, 0.1) is 6.92 Å². The minimum Gasteiger partial charge on any atom is -0.368 e. The van der Waals surface area contributed by atoms with Crippen LogP contribution in [0.4, 0.5) is 11.8 Å². The second kappa shape index (κ2) is 4.04. The van der Waals surface area contributed by atoms with Crippen molar-refractivity contribution in [3.8, 4) is 0 Å². The number of anilines is 2. The summed E-state index contributed by atoms with van der Waals surface area (Å²) in [5, 5.41) is 0. The molecule has 1 saturated carbocycles. The van der Waals surface area contributed by atoms with Crippen molar-refractivity contribution in [1.82, 2.24) is 9.97 Å². The molecular weight excluding hydrogens is 188 g/mol. The Morgan fingerprint density at radius 3 is 2.87 bits per heavy atom. The van der Waals surface area contributed by atoms with Crippen LogP contribution < -0.4 is 10.6 Å². The van der Waals surface area contributed by atoms with Crippen molar-refractivity contribution < 1.29 is 0 Å². The number of nitrogens with two attached hydrogens (primary N) is 1. The van der Waals surface area contributed by atoms with Gasteiger partial charge >= 0.3 is 0 Å². The first-order valence-electron chi connectivity index (χ1n) is 5.58. The zero-order chi connectivity index (χ0) is 10.8. The van der Waals surface area contributed by atoms with Crippen LogP contribution in [-0.4, -0.2) is 22.6 Å². The number of nitrogens with zero attached hydrogens (tertiary/aromatic N) is 3. The van der Waals surface area contributed by atoms with Gasteiger partial charge < -0.3 is 10.6 Å². The molecule has 0 saturated heterocycles. The number of hydrogen-bond acceptors (Lipinski definition) is 4. The number of hydrogen-bond donors (Lipinski definition) is 1. The average molecular weight is 206 g/mol. The molecule has 0 aliphatic heterocycles. The predicted molar refractivity (Wildman–Crippen MR) is 61.8 cm³/mol.